The molecule has 3 aromatic rings. The van der Waals surface area contributed by atoms with Crippen molar-refractivity contribution in [3.05, 3.63) is 99.4 Å². The second-order valence-electron chi connectivity index (χ2n) is 6.71. The maximum absolute atomic E-state index is 13.7. The van der Waals surface area contributed by atoms with Crippen molar-refractivity contribution in [2.75, 3.05) is 12.4 Å². The molecule has 0 heterocycles. The Bertz CT molecular complexity index is 1250. The average Bonchev–Trinajstić information content (AvgIpc) is 2.82. The monoisotopic (exact) mass is 447 g/mol. The van der Waals surface area contributed by atoms with Gasteiger partial charge in [-0.25, -0.2) is 4.39 Å². The van der Waals surface area contributed by atoms with Crippen LogP contribution >= 0.6 is 0 Å². The number of anilines is 1. The number of nitro groups is 1. The molecule has 0 aromatic heterocycles. The summed E-state index contributed by atoms with van der Waals surface area (Å²) < 4.78 is 24.2. The number of hydrogen-bond acceptors (Lipinski definition) is 6. The van der Waals surface area contributed by atoms with Gasteiger partial charge >= 0.3 is 0 Å². The van der Waals surface area contributed by atoms with E-state index in [4.69, 9.17) is 9.47 Å². The quantitative estimate of drug-likeness (QED) is 0.228. The van der Waals surface area contributed by atoms with Gasteiger partial charge < -0.3 is 14.8 Å². The van der Waals surface area contributed by atoms with Gasteiger partial charge in [0.1, 0.15) is 41.3 Å². The van der Waals surface area contributed by atoms with E-state index in [2.05, 4.69) is 5.32 Å². The van der Waals surface area contributed by atoms with Crippen molar-refractivity contribution in [1.29, 1.82) is 5.26 Å². The summed E-state index contributed by atoms with van der Waals surface area (Å²) in [6, 6.07) is 18.5. The number of halogens is 1. The number of nitro benzene ring substituents is 1. The van der Waals surface area contributed by atoms with E-state index in [-0.39, 0.29) is 35.1 Å². The molecule has 0 bridgehead atoms. The predicted molar refractivity (Wildman–Crippen MR) is 119 cm³/mol. The smallest absolute Gasteiger partial charge is 0.296 e. The number of carbonyl (C=O) groups is 1. The van der Waals surface area contributed by atoms with Crippen molar-refractivity contribution >= 4 is 23.4 Å². The van der Waals surface area contributed by atoms with E-state index >= 15 is 0 Å². The highest BCUT2D eigenvalue weighted by Crippen LogP contribution is 2.29. The van der Waals surface area contributed by atoms with Gasteiger partial charge in [0.2, 0.25) is 0 Å². The van der Waals surface area contributed by atoms with E-state index in [0.717, 1.165) is 0 Å². The van der Waals surface area contributed by atoms with Crippen LogP contribution in [0.15, 0.2) is 72.3 Å². The summed E-state index contributed by atoms with van der Waals surface area (Å²) in [4.78, 5) is 23.1. The Hall–Kier alpha value is -4.71. The lowest BCUT2D eigenvalue weighted by Crippen LogP contribution is -2.14. The van der Waals surface area contributed by atoms with Gasteiger partial charge in [0, 0.05) is 5.56 Å². The van der Waals surface area contributed by atoms with Gasteiger partial charge in [-0.1, -0.05) is 30.3 Å². The molecule has 0 saturated carbocycles. The van der Waals surface area contributed by atoms with Gasteiger partial charge in [0.15, 0.2) is 0 Å². The van der Waals surface area contributed by atoms with Crippen molar-refractivity contribution in [2.24, 2.45) is 0 Å². The number of nitriles is 1. The number of ether oxygens (including phenoxy) is 2. The Labute approximate surface area is 188 Å². The standard InChI is InChI=1S/C24H18FN3O5/c1-32-20-10-11-22(23(13-20)28(30)31)27-24(29)18(14-26)12-16-6-8-19(9-7-16)33-15-17-4-2-3-5-21(17)25/h2-13H,15H2,1H3,(H,27,29)/b18-12+. The highest BCUT2D eigenvalue weighted by atomic mass is 19.1. The van der Waals surface area contributed by atoms with E-state index in [1.807, 2.05) is 0 Å². The lowest BCUT2D eigenvalue weighted by molar-refractivity contribution is -0.384. The fourth-order valence-corrected chi connectivity index (χ4v) is 2.84. The third-order valence-electron chi connectivity index (χ3n) is 4.56. The first-order chi connectivity index (χ1) is 15.9. The normalized spacial score (nSPS) is 10.8. The molecule has 8 nitrogen and oxygen atoms in total. The number of hydrogen-bond donors (Lipinski definition) is 1. The van der Waals surface area contributed by atoms with Crippen LogP contribution in [0.25, 0.3) is 6.08 Å². The largest absolute Gasteiger partial charge is 0.496 e. The first-order valence-electron chi connectivity index (χ1n) is 9.63. The van der Waals surface area contributed by atoms with Crippen molar-refractivity contribution in [2.45, 2.75) is 6.61 Å². The number of carbonyl (C=O) groups excluding carboxylic acids is 1. The topological polar surface area (TPSA) is 114 Å². The molecule has 0 atom stereocenters. The Kier molecular flexibility index (Phi) is 7.34. The molecule has 0 saturated heterocycles. The molecule has 166 valence electrons. The Balaban J connectivity index is 1.71. The van der Waals surface area contributed by atoms with E-state index in [1.54, 1.807) is 48.5 Å². The molecule has 3 rings (SSSR count). The van der Waals surface area contributed by atoms with Crippen LogP contribution in [0.3, 0.4) is 0 Å². The summed E-state index contributed by atoms with van der Waals surface area (Å²) in [6.45, 7) is 0.0500. The minimum absolute atomic E-state index is 0.0500. The lowest BCUT2D eigenvalue weighted by Gasteiger charge is -2.08. The van der Waals surface area contributed by atoms with Crippen LogP contribution in [0.1, 0.15) is 11.1 Å². The first-order valence-corrected chi connectivity index (χ1v) is 9.63. The second-order valence-corrected chi connectivity index (χ2v) is 6.71. The van der Waals surface area contributed by atoms with E-state index < -0.39 is 10.8 Å². The van der Waals surface area contributed by atoms with Gasteiger partial charge in [-0.2, -0.15) is 5.26 Å². The van der Waals surface area contributed by atoms with E-state index in [9.17, 15) is 24.6 Å². The molecule has 0 radical (unpaired) electrons. The Morgan fingerprint density at radius 2 is 1.85 bits per heavy atom. The number of benzene rings is 3. The predicted octanol–water partition coefficient (Wildman–Crippen LogP) is 4.87. The van der Waals surface area contributed by atoms with Gasteiger partial charge in [-0.15, -0.1) is 0 Å². The third-order valence-corrected chi connectivity index (χ3v) is 4.56. The average molecular weight is 447 g/mol. The first kappa shape index (κ1) is 23.0. The minimum Gasteiger partial charge on any atom is -0.496 e. The molecule has 0 aliphatic rings. The van der Waals surface area contributed by atoms with Crippen molar-refractivity contribution in [3.8, 4) is 17.6 Å². The SMILES string of the molecule is COc1ccc(NC(=O)/C(C#N)=C/c2ccc(OCc3ccccc3F)cc2)c([N+](=O)[O-])c1. The van der Waals surface area contributed by atoms with Crippen LogP contribution in [0.4, 0.5) is 15.8 Å². The Morgan fingerprint density at radius 1 is 1.15 bits per heavy atom. The van der Waals surface area contributed by atoms with E-state index in [0.29, 0.717) is 16.9 Å². The second kappa shape index (κ2) is 10.5. The van der Waals surface area contributed by atoms with Crippen LogP contribution in [-0.4, -0.2) is 17.9 Å². The summed E-state index contributed by atoms with van der Waals surface area (Å²) >= 11 is 0. The lowest BCUT2D eigenvalue weighted by atomic mass is 10.1. The summed E-state index contributed by atoms with van der Waals surface area (Å²) in [7, 11) is 1.37. The maximum Gasteiger partial charge on any atom is 0.296 e. The van der Waals surface area contributed by atoms with Crippen LogP contribution in [0.5, 0.6) is 11.5 Å². The number of amides is 1. The highest BCUT2D eigenvalue weighted by Gasteiger charge is 2.19. The summed E-state index contributed by atoms with van der Waals surface area (Å²) in [6.07, 6.45) is 1.34. The van der Waals surface area contributed by atoms with E-state index in [1.165, 1.54) is 37.5 Å². The van der Waals surface area contributed by atoms with Crippen molar-refractivity contribution in [1.82, 2.24) is 0 Å². The zero-order valence-corrected chi connectivity index (χ0v) is 17.4. The highest BCUT2D eigenvalue weighted by molar-refractivity contribution is 6.10. The maximum atomic E-state index is 13.7. The number of nitrogens with zero attached hydrogens (tertiary/aromatic N) is 2. The summed E-state index contributed by atoms with van der Waals surface area (Å²) in [5.41, 5.74) is 0.266. The van der Waals surface area contributed by atoms with Crippen LogP contribution in [0.2, 0.25) is 0 Å². The molecule has 0 spiro atoms. The molecule has 1 N–H and O–H groups in total. The fourth-order valence-electron chi connectivity index (χ4n) is 2.84. The molecule has 0 fully saturated rings. The molecule has 0 aliphatic carbocycles. The number of nitrogens with one attached hydrogen (secondary N) is 1. The van der Waals surface area contributed by atoms with Crippen LogP contribution in [-0.2, 0) is 11.4 Å². The molecule has 3 aromatic carbocycles. The number of methoxy groups -OCH3 is 1. The zero-order valence-electron chi connectivity index (χ0n) is 17.4. The molecular weight excluding hydrogens is 429 g/mol. The molecule has 0 unspecified atom stereocenters. The van der Waals surface area contributed by atoms with Gasteiger partial charge in [-0.3, -0.25) is 14.9 Å². The molecule has 9 heteroatoms. The van der Waals surface area contributed by atoms with Gasteiger partial charge in [0.05, 0.1) is 18.1 Å². The van der Waals surface area contributed by atoms with Crippen LogP contribution < -0.4 is 14.8 Å². The number of rotatable bonds is 8. The summed E-state index contributed by atoms with van der Waals surface area (Å²) in [5.74, 6) is -0.426. The Morgan fingerprint density at radius 3 is 2.48 bits per heavy atom. The molecule has 0 aliphatic heterocycles. The van der Waals surface area contributed by atoms with Crippen LogP contribution in [0, 0.1) is 27.3 Å². The van der Waals surface area contributed by atoms with Crippen molar-refractivity contribution in [3.63, 3.8) is 0 Å². The molecule has 1 amide bonds. The minimum atomic E-state index is -0.800. The third kappa shape index (κ3) is 5.92. The molecular formula is C24H18FN3O5. The van der Waals surface area contributed by atoms with Gasteiger partial charge in [-0.05, 0) is 42.0 Å². The zero-order chi connectivity index (χ0) is 23.8. The summed E-state index contributed by atoms with van der Waals surface area (Å²) in [5, 5.41) is 23.1. The van der Waals surface area contributed by atoms with Gasteiger partial charge in [0.25, 0.3) is 11.6 Å². The van der Waals surface area contributed by atoms with Crippen molar-refractivity contribution < 1.29 is 23.6 Å². The fraction of sp³-hybridized carbons (Fsp3) is 0.0833. The molecule has 33 heavy (non-hydrogen) atoms.